The molecular formula is C13H12Cl2N4OS. The van der Waals surface area contributed by atoms with E-state index in [2.05, 4.69) is 14.9 Å². The summed E-state index contributed by atoms with van der Waals surface area (Å²) >= 11 is 13.5. The minimum absolute atomic E-state index is 0.108. The Labute approximate surface area is 136 Å². The summed E-state index contributed by atoms with van der Waals surface area (Å²) in [4.78, 5) is 24.6. The SMILES string of the molecule is O=C(c1cc(Cl)ncc1Cl)N1CCN(c2nccs2)CC1. The van der Waals surface area contributed by atoms with Crippen LogP contribution < -0.4 is 4.90 Å². The van der Waals surface area contributed by atoms with Crippen molar-refractivity contribution in [2.45, 2.75) is 0 Å². The molecule has 0 unspecified atom stereocenters. The zero-order valence-corrected chi connectivity index (χ0v) is 13.3. The van der Waals surface area contributed by atoms with Crippen LogP contribution >= 0.6 is 34.5 Å². The van der Waals surface area contributed by atoms with Gasteiger partial charge in [0, 0.05) is 44.0 Å². The standard InChI is InChI=1S/C13H12Cl2N4OS/c14-10-8-17-11(15)7-9(10)12(20)18-2-4-19(5-3-18)13-16-1-6-21-13/h1,6-8H,2-5H2. The molecule has 1 aliphatic heterocycles. The molecule has 5 nitrogen and oxygen atoms in total. The van der Waals surface area contributed by atoms with Gasteiger partial charge in [-0.15, -0.1) is 11.3 Å². The fourth-order valence-corrected chi connectivity index (χ4v) is 3.26. The molecule has 2 aromatic heterocycles. The molecule has 0 saturated carbocycles. The van der Waals surface area contributed by atoms with Gasteiger partial charge in [-0.1, -0.05) is 23.2 Å². The summed E-state index contributed by atoms with van der Waals surface area (Å²) in [5.74, 6) is -0.108. The van der Waals surface area contributed by atoms with Crippen LogP contribution in [-0.2, 0) is 0 Å². The number of nitrogens with zero attached hydrogens (tertiary/aromatic N) is 4. The smallest absolute Gasteiger partial charge is 0.255 e. The van der Waals surface area contributed by atoms with Crippen LogP contribution in [0, 0.1) is 0 Å². The molecule has 1 saturated heterocycles. The zero-order chi connectivity index (χ0) is 14.8. The molecule has 0 atom stereocenters. The third-order valence-corrected chi connectivity index (χ3v) is 4.65. The fourth-order valence-electron chi connectivity index (χ4n) is 2.22. The van der Waals surface area contributed by atoms with Crippen LogP contribution in [0.4, 0.5) is 5.13 Å². The number of carbonyl (C=O) groups is 1. The normalized spacial score (nSPS) is 15.3. The van der Waals surface area contributed by atoms with E-state index in [4.69, 9.17) is 23.2 Å². The second-order valence-corrected chi connectivity index (χ2v) is 6.25. The molecule has 2 aromatic rings. The van der Waals surface area contributed by atoms with Gasteiger partial charge in [0.15, 0.2) is 5.13 Å². The van der Waals surface area contributed by atoms with E-state index in [0.29, 0.717) is 23.7 Å². The lowest BCUT2D eigenvalue weighted by molar-refractivity contribution is 0.0747. The predicted molar refractivity (Wildman–Crippen MR) is 84.5 cm³/mol. The van der Waals surface area contributed by atoms with Crippen molar-refractivity contribution in [3.05, 3.63) is 39.6 Å². The predicted octanol–water partition coefficient (Wildman–Crippen LogP) is 2.81. The molecule has 1 fully saturated rings. The number of hydrogen-bond acceptors (Lipinski definition) is 5. The Morgan fingerprint density at radius 3 is 2.62 bits per heavy atom. The Morgan fingerprint density at radius 1 is 1.19 bits per heavy atom. The van der Waals surface area contributed by atoms with Crippen LogP contribution in [0.25, 0.3) is 0 Å². The fraction of sp³-hybridized carbons (Fsp3) is 0.308. The van der Waals surface area contributed by atoms with Crippen molar-refractivity contribution in [1.82, 2.24) is 14.9 Å². The van der Waals surface area contributed by atoms with Crippen LogP contribution in [0.15, 0.2) is 23.8 Å². The molecule has 0 aromatic carbocycles. The maximum absolute atomic E-state index is 12.5. The van der Waals surface area contributed by atoms with Crippen molar-refractivity contribution in [3.63, 3.8) is 0 Å². The van der Waals surface area contributed by atoms with E-state index in [9.17, 15) is 4.79 Å². The van der Waals surface area contributed by atoms with Gasteiger partial charge in [0.25, 0.3) is 5.91 Å². The van der Waals surface area contributed by atoms with E-state index in [1.807, 2.05) is 5.38 Å². The molecular weight excluding hydrogens is 331 g/mol. The first-order chi connectivity index (χ1) is 10.1. The molecule has 1 aliphatic rings. The number of rotatable bonds is 2. The molecule has 1 amide bonds. The molecule has 0 aliphatic carbocycles. The third-order valence-electron chi connectivity index (χ3n) is 3.31. The Hall–Kier alpha value is -1.37. The molecule has 3 heterocycles. The maximum Gasteiger partial charge on any atom is 0.255 e. The van der Waals surface area contributed by atoms with Crippen LogP contribution in [-0.4, -0.2) is 47.0 Å². The molecule has 0 radical (unpaired) electrons. The highest BCUT2D eigenvalue weighted by molar-refractivity contribution is 7.13. The minimum atomic E-state index is -0.108. The summed E-state index contributed by atoms with van der Waals surface area (Å²) in [7, 11) is 0. The zero-order valence-electron chi connectivity index (χ0n) is 11.0. The van der Waals surface area contributed by atoms with E-state index >= 15 is 0 Å². The molecule has 8 heteroatoms. The van der Waals surface area contributed by atoms with Gasteiger partial charge in [0.05, 0.1) is 10.6 Å². The first-order valence-electron chi connectivity index (χ1n) is 6.40. The minimum Gasteiger partial charge on any atom is -0.345 e. The Kier molecular flexibility index (Phi) is 4.28. The second-order valence-electron chi connectivity index (χ2n) is 4.58. The lowest BCUT2D eigenvalue weighted by Crippen LogP contribution is -2.48. The third kappa shape index (κ3) is 3.12. The van der Waals surface area contributed by atoms with Crippen molar-refractivity contribution >= 4 is 45.6 Å². The topological polar surface area (TPSA) is 49.3 Å². The van der Waals surface area contributed by atoms with Gasteiger partial charge in [-0.3, -0.25) is 4.79 Å². The molecule has 0 spiro atoms. The summed E-state index contributed by atoms with van der Waals surface area (Å²) in [5, 5.41) is 3.54. The van der Waals surface area contributed by atoms with E-state index in [-0.39, 0.29) is 11.1 Å². The number of halogens is 2. The van der Waals surface area contributed by atoms with E-state index in [0.717, 1.165) is 18.2 Å². The van der Waals surface area contributed by atoms with Gasteiger partial charge in [0.1, 0.15) is 5.15 Å². The van der Waals surface area contributed by atoms with Gasteiger partial charge in [-0.25, -0.2) is 9.97 Å². The van der Waals surface area contributed by atoms with Crippen molar-refractivity contribution in [2.24, 2.45) is 0 Å². The average molecular weight is 343 g/mol. The van der Waals surface area contributed by atoms with Gasteiger partial charge in [0.2, 0.25) is 0 Å². The summed E-state index contributed by atoms with van der Waals surface area (Å²) < 4.78 is 0. The monoisotopic (exact) mass is 342 g/mol. The van der Waals surface area contributed by atoms with Gasteiger partial charge in [-0.2, -0.15) is 0 Å². The highest BCUT2D eigenvalue weighted by Gasteiger charge is 2.24. The van der Waals surface area contributed by atoms with Crippen LogP contribution in [0.5, 0.6) is 0 Å². The Morgan fingerprint density at radius 2 is 1.95 bits per heavy atom. The van der Waals surface area contributed by atoms with E-state index in [1.165, 1.54) is 12.3 Å². The summed E-state index contributed by atoms with van der Waals surface area (Å²) in [6, 6.07) is 1.51. The summed E-state index contributed by atoms with van der Waals surface area (Å²) in [6.07, 6.45) is 3.19. The number of aromatic nitrogens is 2. The molecule has 21 heavy (non-hydrogen) atoms. The number of piperazine rings is 1. The van der Waals surface area contributed by atoms with Gasteiger partial charge in [-0.05, 0) is 6.07 Å². The number of thiazole rings is 1. The second kappa shape index (κ2) is 6.17. The number of hydrogen-bond donors (Lipinski definition) is 0. The Bertz CT molecular complexity index is 642. The Balaban J connectivity index is 1.69. The van der Waals surface area contributed by atoms with E-state index < -0.39 is 0 Å². The number of carbonyl (C=O) groups excluding carboxylic acids is 1. The van der Waals surface area contributed by atoms with E-state index in [1.54, 1.807) is 22.4 Å². The molecule has 3 rings (SSSR count). The van der Waals surface area contributed by atoms with Crippen LogP contribution in [0.3, 0.4) is 0 Å². The highest BCUT2D eigenvalue weighted by Crippen LogP contribution is 2.22. The van der Waals surface area contributed by atoms with Gasteiger partial charge >= 0.3 is 0 Å². The largest absolute Gasteiger partial charge is 0.345 e. The summed E-state index contributed by atoms with van der Waals surface area (Å²) in [5.41, 5.74) is 0.402. The van der Waals surface area contributed by atoms with Crippen LogP contribution in [0.1, 0.15) is 10.4 Å². The first kappa shape index (κ1) is 14.6. The highest BCUT2D eigenvalue weighted by atomic mass is 35.5. The van der Waals surface area contributed by atoms with Crippen molar-refractivity contribution in [2.75, 3.05) is 31.1 Å². The molecule has 0 bridgehead atoms. The molecule has 0 N–H and O–H groups in total. The lowest BCUT2D eigenvalue weighted by Gasteiger charge is -2.34. The van der Waals surface area contributed by atoms with Gasteiger partial charge < -0.3 is 9.80 Å². The quantitative estimate of drug-likeness (QED) is 0.787. The van der Waals surface area contributed by atoms with Crippen molar-refractivity contribution in [3.8, 4) is 0 Å². The lowest BCUT2D eigenvalue weighted by atomic mass is 10.2. The number of amides is 1. The maximum atomic E-state index is 12.5. The van der Waals surface area contributed by atoms with Crippen molar-refractivity contribution < 1.29 is 4.79 Å². The first-order valence-corrected chi connectivity index (χ1v) is 8.03. The molecule has 110 valence electrons. The van der Waals surface area contributed by atoms with Crippen molar-refractivity contribution in [1.29, 1.82) is 0 Å². The number of anilines is 1. The average Bonchev–Trinajstić information content (AvgIpc) is 3.03. The van der Waals surface area contributed by atoms with Crippen LogP contribution in [0.2, 0.25) is 10.2 Å². The number of pyridine rings is 1. The summed E-state index contributed by atoms with van der Waals surface area (Å²) in [6.45, 7) is 2.79.